The molecule has 0 amide bonds. The van der Waals surface area contributed by atoms with Crippen molar-refractivity contribution in [1.82, 2.24) is 10.2 Å². The van der Waals surface area contributed by atoms with Crippen LogP contribution in [0.4, 0.5) is 0 Å². The predicted molar refractivity (Wildman–Crippen MR) is 74.1 cm³/mol. The molecule has 3 fully saturated rings. The molecule has 2 atom stereocenters. The number of fused-ring (bicyclic) bond motifs is 3. The Labute approximate surface area is 107 Å². The van der Waals surface area contributed by atoms with Crippen LogP contribution in [-0.4, -0.2) is 30.2 Å². The van der Waals surface area contributed by atoms with Crippen molar-refractivity contribution in [3.8, 4) is 0 Å². The lowest BCUT2D eigenvalue weighted by molar-refractivity contribution is 0.0232. The third kappa shape index (κ3) is 3.69. The van der Waals surface area contributed by atoms with Crippen molar-refractivity contribution in [2.24, 2.45) is 5.92 Å². The van der Waals surface area contributed by atoms with E-state index in [1.807, 2.05) is 0 Å². The summed E-state index contributed by atoms with van der Waals surface area (Å²) in [5.74, 6) is 1.02. The zero-order valence-electron chi connectivity index (χ0n) is 11.8. The van der Waals surface area contributed by atoms with Gasteiger partial charge < -0.3 is 0 Å². The molecule has 3 saturated heterocycles. The predicted octanol–water partition coefficient (Wildman–Crippen LogP) is 3.38. The van der Waals surface area contributed by atoms with Crippen molar-refractivity contribution in [2.75, 3.05) is 13.1 Å². The van der Waals surface area contributed by atoms with Gasteiger partial charge >= 0.3 is 0 Å². The molecule has 2 bridgehead atoms. The molecule has 2 unspecified atom stereocenters. The molecule has 100 valence electrons. The molecule has 1 N–H and O–H groups in total. The third-order valence-electron chi connectivity index (χ3n) is 4.62. The van der Waals surface area contributed by atoms with E-state index in [4.69, 9.17) is 0 Å². The lowest BCUT2D eigenvalue weighted by Crippen LogP contribution is -2.57. The fraction of sp³-hybridized carbons (Fsp3) is 1.00. The van der Waals surface area contributed by atoms with Gasteiger partial charge in [0.1, 0.15) is 0 Å². The maximum Gasteiger partial charge on any atom is 0.0601 e. The van der Waals surface area contributed by atoms with Gasteiger partial charge in [0, 0.05) is 6.04 Å². The molecule has 0 aromatic carbocycles. The Morgan fingerprint density at radius 2 is 1.88 bits per heavy atom. The van der Waals surface area contributed by atoms with Gasteiger partial charge in [-0.2, -0.15) is 0 Å². The van der Waals surface area contributed by atoms with Crippen LogP contribution >= 0.6 is 0 Å². The van der Waals surface area contributed by atoms with Crippen LogP contribution in [0.5, 0.6) is 0 Å². The maximum absolute atomic E-state index is 3.95. The highest BCUT2D eigenvalue weighted by molar-refractivity contribution is 4.87. The summed E-state index contributed by atoms with van der Waals surface area (Å²) in [7, 11) is 0. The number of nitrogens with zero attached hydrogens (tertiary/aromatic N) is 1. The van der Waals surface area contributed by atoms with E-state index in [-0.39, 0.29) is 0 Å². The van der Waals surface area contributed by atoms with E-state index in [1.54, 1.807) is 0 Å². The van der Waals surface area contributed by atoms with E-state index < -0.39 is 0 Å². The highest BCUT2D eigenvalue weighted by Crippen LogP contribution is 2.31. The van der Waals surface area contributed by atoms with Gasteiger partial charge in [-0.05, 0) is 51.1 Å². The Bertz CT molecular complexity index is 209. The van der Waals surface area contributed by atoms with E-state index in [1.165, 1.54) is 64.5 Å². The van der Waals surface area contributed by atoms with Crippen molar-refractivity contribution >= 4 is 0 Å². The zero-order chi connectivity index (χ0) is 12.1. The minimum atomic E-state index is 0.705. The lowest BCUT2D eigenvalue weighted by atomic mass is 9.86. The number of hydrogen-bond acceptors (Lipinski definition) is 2. The van der Waals surface area contributed by atoms with Crippen LogP contribution in [-0.2, 0) is 0 Å². The Hall–Kier alpha value is -0.0800. The SMILES string of the molecule is CCCCC(CCC)NC1CC2CCN1CC2. The van der Waals surface area contributed by atoms with Gasteiger partial charge in [0.05, 0.1) is 6.17 Å². The molecule has 0 aliphatic carbocycles. The first kappa shape index (κ1) is 13.4. The van der Waals surface area contributed by atoms with Crippen LogP contribution in [0.1, 0.15) is 65.2 Å². The van der Waals surface area contributed by atoms with Crippen molar-refractivity contribution < 1.29 is 0 Å². The van der Waals surface area contributed by atoms with Gasteiger partial charge in [-0.25, -0.2) is 0 Å². The van der Waals surface area contributed by atoms with Crippen LogP contribution in [0.25, 0.3) is 0 Å². The second-order valence-corrected chi connectivity index (χ2v) is 6.03. The van der Waals surface area contributed by atoms with Gasteiger partial charge in [0.15, 0.2) is 0 Å². The summed E-state index contributed by atoms with van der Waals surface area (Å²) in [5, 5.41) is 3.95. The highest BCUT2D eigenvalue weighted by Gasteiger charge is 2.33. The van der Waals surface area contributed by atoms with Crippen molar-refractivity contribution in [1.29, 1.82) is 0 Å². The topological polar surface area (TPSA) is 15.3 Å². The number of nitrogens with one attached hydrogen (secondary N) is 1. The van der Waals surface area contributed by atoms with E-state index >= 15 is 0 Å². The number of hydrogen-bond donors (Lipinski definition) is 1. The molecule has 0 spiro atoms. The summed E-state index contributed by atoms with van der Waals surface area (Å²) in [6, 6.07) is 0.768. The third-order valence-corrected chi connectivity index (χ3v) is 4.62. The Kier molecular flexibility index (Phi) is 5.30. The highest BCUT2D eigenvalue weighted by atomic mass is 15.3. The number of unbranched alkanes of at least 4 members (excludes halogenated alkanes) is 1. The normalized spacial score (nSPS) is 33.9. The molecule has 2 heteroatoms. The molecule has 3 rings (SSSR count). The second-order valence-electron chi connectivity index (χ2n) is 6.03. The van der Waals surface area contributed by atoms with Gasteiger partial charge in [-0.1, -0.05) is 33.1 Å². The largest absolute Gasteiger partial charge is 0.299 e. The molecule has 3 aliphatic rings. The average Bonchev–Trinajstić information content (AvgIpc) is 2.38. The molecule has 0 saturated carbocycles. The molecule has 2 nitrogen and oxygen atoms in total. The molecule has 0 aromatic heterocycles. The lowest BCUT2D eigenvalue weighted by Gasteiger charge is -2.47. The molecular formula is C15H30N2. The van der Waals surface area contributed by atoms with Crippen LogP contribution in [0.3, 0.4) is 0 Å². The van der Waals surface area contributed by atoms with E-state index in [2.05, 4.69) is 24.1 Å². The first-order valence-corrected chi connectivity index (χ1v) is 7.83. The summed E-state index contributed by atoms with van der Waals surface area (Å²) in [6.07, 6.45) is 11.8. The van der Waals surface area contributed by atoms with Crippen LogP contribution in [0.15, 0.2) is 0 Å². The van der Waals surface area contributed by atoms with Crippen LogP contribution in [0, 0.1) is 5.92 Å². The Morgan fingerprint density at radius 3 is 2.41 bits per heavy atom. The molecule has 3 heterocycles. The minimum Gasteiger partial charge on any atom is -0.299 e. The summed E-state index contributed by atoms with van der Waals surface area (Å²) >= 11 is 0. The fourth-order valence-corrected chi connectivity index (χ4v) is 3.52. The fourth-order valence-electron chi connectivity index (χ4n) is 3.52. The van der Waals surface area contributed by atoms with Gasteiger partial charge in [0.25, 0.3) is 0 Å². The average molecular weight is 238 g/mol. The zero-order valence-corrected chi connectivity index (χ0v) is 11.8. The van der Waals surface area contributed by atoms with Crippen molar-refractivity contribution in [3.63, 3.8) is 0 Å². The number of rotatable bonds is 7. The van der Waals surface area contributed by atoms with Crippen molar-refractivity contribution in [2.45, 2.75) is 77.4 Å². The maximum atomic E-state index is 3.95. The Balaban J connectivity index is 1.80. The molecule has 17 heavy (non-hydrogen) atoms. The summed E-state index contributed by atoms with van der Waals surface area (Å²) in [4.78, 5) is 2.69. The Morgan fingerprint density at radius 1 is 1.12 bits per heavy atom. The molecule has 0 radical (unpaired) electrons. The monoisotopic (exact) mass is 238 g/mol. The van der Waals surface area contributed by atoms with E-state index in [0.29, 0.717) is 6.17 Å². The van der Waals surface area contributed by atoms with Gasteiger partial charge in [-0.15, -0.1) is 0 Å². The smallest absolute Gasteiger partial charge is 0.0601 e. The van der Waals surface area contributed by atoms with Crippen LogP contribution < -0.4 is 5.32 Å². The summed E-state index contributed by atoms with van der Waals surface area (Å²) in [6.45, 7) is 7.30. The molecular weight excluding hydrogens is 208 g/mol. The minimum absolute atomic E-state index is 0.705. The van der Waals surface area contributed by atoms with Gasteiger partial charge in [0.2, 0.25) is 0 Å². The van der Waals surface area contributed by atoms with Gasteiger partial charge in [-0.3, -0.25) is 10.2 Å². The molecule has 0 aromatic rings. The van der Waals surface area contributed by atoms with E-state index in [9.17, 15) is 0 Å². The summed E-state index contributed by atoms with van der Waals surface area (Å²) < 4.78 is 0. The first-order valence-electron chi connectivity index (χ1n) is 7.83. The number of piperidine rings is 3. The standard InChI is InChI=1S/C15H30N2/c1-3-5-7-14(6-4-2)16-15-12-13-8-10-17(15)11-9-13/h13-16H,3-12H2,1-2H3. The molecule has 3 aliphatic heterocycles. The van der Waals surface area contributed by atoms with Crippen LogP contribution in [0.2, 0.25) is 0 Å². The summed E-state index contributed by atoms with van der Waals surface area (Å²) in [5.41, 5.74) is 0. The quantitative estimate of drug-likeness (QED) is 0.731. The first-order chi connectivity index (χ1) is 8.33. The van der Waals surface area contributed by atoms with Crippen molar-refractivity contribution in [3.05, 3.63) is 0 Å². The second kappa shape index (κ2) is 6.75. The van der Waals surface area contributed by atoms with E-state index in [0.717, 1.165) is 12.0 Å².